The van der Waals surface area contributed by atoms with Crippen molar-refractivity contribution < 1.29 is 9.52 Å². The van der Waals surface area contributed by atoms with Gasteiger partial charge in [-0.1, -0.05) is 13.8 Å². The van der Waals surface area contributed by atoms with E-state index in [-0.39, 0.29) is 0 Å². The summed E-state index contributed by atoms with van der Waals surface area (Å²) in [4.78, 5) is 0. The van der Waals surface area contributed by atoms with E-state index in [1.807, 2.05) is 22.9 Å². The van der Waals surface area contributed by atoms with Crippen molar-refractivity contribution in [3.63, 3.8) is 0 Å². The normalized spacial score (nSPS) is 23.5. The molecular formula is C15H20N2O2. The molecule has 102 valence electrons. The summed E-state index contributed by atoms with van der Waals surface area (Å²) in [5.41, 5.74) is 0.798. The molecule has 1 aliphatic carbocycles. The Hall–Kier alpha value is -1.55. The molecule has 0 radical (unpaired) electrons. The summed E-state index contributed by atoms with van der Waals surface area (Å²) in [6.07, 6.45) is 3.18. The van der Waals surface area contributed by atoms with Gasteiger partial charge in [0.2, 0.25) is 0 Å². The van der Waals surface area contributed by atoms with Crippen molar-refractivity contribution in [1.82, 2.24) is 9.78 Å². The molecule has 0 spiro atoms. The van der Waals surface area contributed by atoms with Crippen LogP contribution in [0.3, 0.4) is 0 Å². The minimum absolute atomic E-state index is 0.543. The Morgan fingerprint density at radius 3 is 2.95 bits per heavy atom. The predicted molar refractivity (Wildman–Crippen MR) is 71.8 cm³/mol. The van der Waals surface area contributed by atoms with Crippen molar-refractivity contribution in [3.05, 3.63) is 41.6 Å². The Morgan fingerprint density at radius 1 is 1.47 bits per heavy atom. The zero-order valence-electron chi connectivity index (χ0n) is 11.4. The largest absolute Gasteiger partial charge is 0.463 e. The predicted octanol–water partition coefficient (Wildman–Crippen LogP) is 3.09. The van der Waals surface area contributed by atoms with Gasteiger partial charge in [0.1, 0.15) is 11.5 Å². The molecule has 0 bridgehead atoms. The van der Waals surface area contributed by atoms with Crippen molar-refractivity contribution >= 4 is 0 Å². The molecule has 2 heterocycles. The average Bonchev–Trinajstić information content (AvgIpc) is 2.87. The first-order chi connectivity index (χ1) is 9.20. The Bertz CT molecular complexity index is 558. The van der Waals surface area contributed by atoms with Crippen LogP contribution in [0.15, 0.2) is 28.8 Å². The summed E-state index contributed by atoms with van der Waals surface area (Å²) in [6.45, 7) is 5.13. The second kappa shape index (κ2) is 4.85. The van der Waals surface area contributed by atoms with E-state index in [4.69, 9.17) is 4.42 Å². The lowest BCUT2D eigenvalue weighted by molar-refractivity contribution is 0.175. The van der Waals surface area contributed by atoms with Gasteiger partial charge >= 0.3 is 0 Å². The molecule has 1 fully saturated rings. The minimum Gasteiger partial charge on any atom is -0.463 e. The van der Waals surface area contributed by atoms with Crippen LogP contribution in [0.5, 0.6) is 0 Å². The highest BCUT2D eigenvalue weighted by atomic mass is 16.4. The SMILES string of the molecule is CCCn1nccc1C(O)c1ccc(C2CC2C)o1. The van der Waals surface area contributed by atoms with Crippen molar-refractivity contribution in [3.8, 4) is 0 Å². The maximum Gasteiger partial charge on any atom is 0.153 e. The van der Waals surface area contributed by atoms with E-state index in [1.54, 1.807) is 6.20 Å². The lowest BCUT2D eigenvalue weighted by Gasteiger charge is -2.10. The van der Waals surface area contributed by atoms with E-state index in [2.05, 4.69) is 18.9 Å². The van der Waals surface area contributed by atoms with Crippen molar-refractivity contribution in [2.24, 2.45) is 5.92 Å². The zero-order chi connectivity index (χ0) is 13.4. The van der Waals surface area contributed by atoms with Gasteiger partial charge in [0.05, 0.1) is 5.69 Å². The number of aliphatic hydroxyl groups excluding tert-OH is 1. The number of furan rings is 1. The van der Waals surface area contributed by atoms with Crippen LogP contribution in [0.4, 0.5) is 0 Å². The van der Waals surface area contributed by atoms with Gasteiger partial charge in [-0.2, -0.15) is 5.10 Å². The number of hydrogen-bond donors (Lipinski definition) is 1. The molecule has 1 saturated carbocycles. The molecule has 1 N–H and O–H groups in total. The van der Waals surface area contributed by atoms with Gasteiger partial charge in [0, 0.05) is 18.7 Å². The summed E-state index contributed by atoms with van der Waals surface area (Å²) in [5, 5.41) is 14.6. The fourth-order valence-electron chi connectivity index (χ4n) is 2.55. The van der Waals surface area contributed by atoms with Crippen LogP contribution in [-0.2, 0) is 6.54 Å². The number of aliphatic hydroxyl groups is 1. The summed E-state index contributed by atoms with van der Waals surface area (Å²) < 4.78 is 7.65. The molecule has 3 unspecified atom stereocenters. The highest BCUT2D eigenvalue weighted by Gasteiger charge is 2.37. The molecule has 3 atom stereocenters. The Kier molecular flexibility index (Phi) is 3.19. The topological polar surface area (TPSA) is 51.2 Å². The second-order valence-corrected chi connectivity index (χ2v) is 5.44. The van der Waals surface area contributed by atoms with Gasteiger partial charge in [-0.25, -0.2) is 0 Å². The monoisotopic (exact) mass is 260 g/mol. The van der Waals surface area contributed by atoms with E-state index in [0.717, 1.165) is 24.4 Å². The Labute approximate surface area is 113 Å². The van der Waals surface area contributed by atoms with E-state index in [9.17, 15) is 5.11 Å². The van der Waals surface area contributed by atoms with E-state index >= 15 is 0 Å². The molecule has 0 aliphatic heterocycles. The molecular weight excluding hydrogens is 240 g/mol. The number of aromatic nitrogens is 2. The molecule has 2 aromatic rings. The summed E-state index contributed by atoms with van der Waals surface area (Å²) in [7, 11) is 0. The summed E-state index contributed by atoms with van der Waals surface area (Å²) in [6, 6.07) is 5.73. The number of nitrogens with zero attached hydrogens (tertiary/aromatic N) is 2. The highest BCUT2D eigenvalue weighted by Crippen LogP contribution is 2.47. The summed E-state index contributed by atoms with van der Waals surface area (Å²) >= 11 is 0. The van der Waals surface area contributed by atoms with Gasteiger partial charge < -0.3 is 9.52 Å². The smallest absolute Gasteiger partial charge is 0.153 e. The van der Waals surface area contributed by atoms with Crippen molar-refractivity contribution in [1.29, 1.82) is 0 Å². The standard InChI is InChI=1S/C15H20N2O2/c1-3-8-17-12(6-7-16-17)15(18)14-5-4-13(19-14)11-9-10(11)2/h4-7,10-11,15,18H,3,8-9H2,1-2H3. The zero-order valence-corrected chi connectivity index (χ0v) is 11.4. The van der Waals surface area contributed by atoms with Crippen LogP contribution < -0.4 is 0 Å². The molecule has 3 rings (SSSR count). The van der Waals surface area contributed by atoms with Crippen molar-refractivity contribution in [2.75, 3.05) is 0 Å². The first-order valence-corrected chi connectivity index (χ1v) is 7.00. The quantitative estimate of drug-likeness (QED) is 0.898. The van der Waals surface area contributed by atoms with Crippen LogP contribution in [0.2, 0.25) is 0 Å². The third-order valence-corrected chi connectivity index (χ3v) is 3.86. The van der Waals surface area contributed by atoms with E-state index in [1.165, 1.54) is 6.42 Å². The minimum atomic E-state index is -0.725. The van der Waals surface area contributed by atoms with Gasteiger partial charge in [-0.3, -0.25) is 4.68 Å². The van der Waals surface area contributed by atoms with E-state index in [0.29, 0.717) is 17.6 Å². The van der Waals surface area contributed by atoms with E-state index < -0.39 is 6.10 Å². The number of rotatable bonds is 5. The van der Waals surface area contributed by atoms with Crippen LogP contribution in [0.25, 0.3) is 0 Å². The van der Waals surface area contributed by atoms with Crippen LogP contribution in [0.1, 0.15) is 55.9 Å². The molecule has 0 aromatic carbocycles. The number of hydrogen-bond acceptors (Lipinski definition) is 3. The molecule has 2 aromatic heterocycles. The molecule has 0 saturated heterocycles. The third kappa shape index (κ3) is 2.32. The highest BCUT2D eigenvalue weighted by molar-refractivity contribution is 5.23. The third-order valence-electron chi connectivity index (χ3n) is 3.86. The first-order valence-electron chi connectivity index (χ1n) is 7.00. The van der Waals surface area contributed by atoms with Crippen LogP contribution in [0, 0.1) is 5.92 Å². The summed E-state index contributed by atoms with van der Waals surface area (Å²) in [5.74, 6) is 2.87. The van der Waals surface area contributed by atoms with Gasteiger partial charge in [-0.15, -0.1) is 0 Å². The van der Waals surface area contributed by atoms with Crippen LogP contribution >= 0.6 is 0 Å². The van der Waals surface area contributed by atoms with Gasteiger partial charge in [-0.05, 0) is 37.0 Å². The molecule has 0 amide bonds. The fraction of sp³-hybridized carbons (Fsp3) is 0.533. The second-order valence-electron chi connectivity index (χ2n) is 5.44. The molecule has 4 heteroatoms. The lowest BCUT2D eigenvalue weighted by Crippen LogP contribution is -2.09. The maximum absolute atomic E-state index is 10.4. The number of aryl methyl sites for hydroxylation is 1. The fourth-order valence-corrected chi connectivity index (χ4v) is 2.55. The average molecular weight is 260 g/mol. The van der Waals surface area contributed by atoms with Crippen LogP contribution in [-0.4, -0.2) is 14.9 Å². The molecule has 19 heavy (non-hydrogen) atoms. The van der Waals surface area contributed by atoms with Gasteiger partial charge in [0.25, 0.3) is 0 Å². The molecule has 1 aliphatic rings. The van der Waals surface area contributed by atoms with Gasteiger partial charge in [0.15, 0.2) is 6.10 Å². The molecule has 4 nitrogen and oxygen atoms in total. The van der Waals surface area contributed by atoms with Crippen molar-refractivity contribution in [2.45, 2.75) is 45.3 Å². The maximum atomic E-state index is 10.4. The first kappa shape index (κ1) is 12.5. The Balaban J connectivity index is 1.80. The Morgan fingerprint density at radius 2 is 2.26 bits per heavy atom. The lowest BCUT2D eigenvalue weighted by atomic mass is 10.2.